The molecular weight excluding hydrogens is 252 g/mol. The van der Waals surface area contributed by atoms with Crippen LogP contribution in [0, 0.1) is 0 Å². The number of carbonyl (C=O) groups excluding carboxylic acids is 1. The van der Waals surface area contributed by atoms with Crippen molar-refractivity contribution in [3.8, 4) is 0 Å². The summed E-state index contributed by atoms with van der Waals surface area (Å²) in [5.41, 5.74) is 1.55. The average molecular weight is 270 g/mol. The molecule has 2 bridgehead atoms. The molecule has 20 heavy (non-hydrogen) atoms. The van der Waals surface area contributed by atoms with Gasteiger partial charge in [0.05, 0.1) is 5.56 Å². The van der Waals surface area contributed by atoms with Crippen molar-refractivity contribution in [2.75, 3.05) is 26.2 Å². The first-order chi connectivity index (χ1) is 9.83. The van der Waals surface area contributed by atoms with Gasteiger partial charge in [0.2, 0.25) is 0 Å². The van der Waals surface area contributed by atoms with E-state index in [1.54, 1.807) is 12.4 Å². The summed E-state index contributed by atoms with van der Waals surface area (Å²) >= 11 is 0. The second kappa shape index (κ2) is 4.59. The fourth-order valence-electron chi connectivity index (χ4n) is 3.44. The van der Waals surface area contributed by atoms with Gasteiger partial charge in [0.15, 0.2) is 0 Å². The van der Waals surface area contributed by atoms with Crippen molar-refractivity contribution in [1.29, 1.82) is 0 Å². The molecule has 3 aliphatic heterocycles. The van der Waals surface area contributed by atoms with Crippen LogP contribution in [-0.4, -0.2) is 57.9 Å². The summed E-state index contributed by atoms with van der Waals surface area (Å²) in [6.07, 6.45) is 5.75. The summed E-state index contributed by atoms with van der Waals surface area (Å²) in [5, 5.41) is 0.927. The summed E-state index contributed by atoms with van der Waals surface area (Å²) in [4.78, 5) is 24.8. The lowest BCUT2D eigenvalue weighted by atomic mass is 10.0. The Labute approximate surface area is 117 Å². The van der Waals surface area contributed by atoms with E-state index in [0.29, 0.717) is 6.04 Å². The fraction of sp³-hybridized carbons (Fsp3) is 0.467. The number of nitrogens with zero attached hydrogens (tertiary/aromatic N) is 3. The monoisotopic (exact) mass is 270 g/mol. The maximum Gasteiger partial charge on any atom is 0.256 e. The molecule has 0 aliphatic carbocycles. The van der Waals surface area contributed by atoms with Crippen LogP contribution in [0.4, 0.5) is 0 Å². The van der Waals surface area contributed by atoms with E-state index in [1.807, 2.05) is 12.1 Å². The summed E-state index contributed by atoms with van der Waals surface area (Å²) < 4.78 is 0. The van der Waals surface area contributed by atoms with Crippen LogP contribution >= 0.6 is 0 Å². The van der Waals surface area contributed by atoms with Gasteiger partial charge in [-0.1, -0.05) is 0 Å². The lowest BCUT2D eigenvalue weighted by molar-refractivity contribution is 0.0687. The van der Waals surface area contributed by atoms with Crippen LogP contribution in [0.25, 0.3) is 11.0 Å². The smallest absolute Gasteiger partial charge is 0.256 e. The minimum atomic E-state index is 0.151. The van der Waals surface area contributed by atoms with Gasteiger partial charge in [-0.3, -0.25) is 4.79 Å². The van der Waals surface area contributed by atoms with Crippen molar-refractivity contribution >= 4 is 16.9 Å². The predicted molar refractivity (Wildman–Crippen MR) is 76.6 cm³/mol. The topological polar surface area (TPSA) is 52.2 Å². The van der Waals surface area contributed by atoms with Crippen LogP contribution in [0.5, 0.6) is 0 Å². The lowest BCUT2D eigenvalue weighted by Gasteiger charge is -2.31. The van der Waals surface area contributed by atoms with Crippen molar-refractivity contribution in [3.05, 3.63) is 30.1 Å². The number of fused-ring (bicyclic) bond motifs is 5. The molecule has 5 heterocycles. The quantitative estimate of drug-likeness (QED) is 0.854. The molecule has 0 aromatic carbocycles. The Morgan fingerprint density at radius 1 is 1.25 bits per heavy atom. The molecule has 0 spiro atoms. The number of aromatic nitrogens is 2. The minimum absolute atomic E-state index is 0.151. The van der Waals surface area contributed by atoms with Gasteiger partial charge in [-0.2, -0.15) is 0 Å². The van der Waals surface area contributed by atoms with Gasteiger partial charge in [-0.15, -0.1) is 0 Å². The molecule has 104 valence electrons. The molecule has 0 saturated carbocycles. The third kappa shape index (κ3) is 1.81. The number of aromatic amines is 1. The molecule has 0 radical (unpaired) electrons. The van der Waals surface area contributed by atoms with Gasteiger partial charge < -0.3 is 14.8 Å². The maximum atomic E-state index is 12.9. The van der Waals surface area contributed by atoms with E-state index < -0.39 is 0 Å². The Morgan fingerprint density at radius 3 is 2.95 bits per heavy atom. The highest BCUT2D eigenvalue weighted by Gasteiger charge is 2.33. The van der Waals surface area contributed by atoms with Crippen LogP contribution in [0.15, 0.2) is 24.5 Å². The first-order valence-electron chi connectivity index (χ1n) is 7.28. The Bertz CT molecular complexity index is 642. The molecule has 5 nitrogen and oxygen atoms in total. The van der Waals surface area contributed by atoms with Crippen molar-refractivity contribution in [1.82, 2.24) is 19.8 Å². The average Bonchev–Trinajstić information content (AvgIpc) is 2.69. The van der Waals surface area contributed by atoms with Gasteiger partial charge in [-0.05, 0) is 25.0 Å². The van der Waals surface area contributed by atoms with Crippen LogP contribution in [0.3, 0.4) is 0 Å². The highest BCUT2D eigenvalue weighted by molar-refractivity contribution is 6.06. The first kappa shape index (κ1) is 11.9. The van der Waals surface area contributed by atoms with Crippen LogP contribution in [0.2, 0.25) is 0 Å². The molecule has 5 heteroatoms. The molecule has 5 rings (SSSR count). The van der Waals surface area contributed by atoms with E-state index in [9.17, 15) is 4.79 Å². The largest absolute Gasteiger partial charge is 0.345 e. The zero-order chi connectivity index (χ0) is 13.5. The summed E-state index contributed by atoms with van der Waals surface area (Å²) in [6.45, 7) is 4.10. The summed E-state index contributed by atoms with van der Waals surface area (Å²) in [5.74, 6) is 0.151. The lowest BCUT2D eigenvalue weighted by Crippen LogP contribution is -2.41. The van der Waals surface area contributed by atoms with Gasteiger partial charge in [-0.25, -0.2) is 4.98 Å². The van der Waals surface area contributed by atoms with Gasteiger partial charge in [0.25, 0.3) is 5.91 Å². The fourth-order valence-corrected chi connectivity index (χ4v) is 3.44. The van der Waals surface area contributed by atoms with E-state index in [-0.39, 0.29) is 5.91 Å². The Kier molecular flexibility index (Phi) is 2.73. The number of rotatable bonds is 1. The molecule has 1 N–H and O–H groups in total. The Hall–Kier alpha value is -1.88. The number of hydrogen-bond acceptors (Lipinski definition) is 3. The second-order valence-electron chi connectivity index (χ2n) is 5.67. The molecule has 3 aliphatic rings. The number of hydrogen-bond donors (Lipinski definition) is 1. The Balaban J connectivity index is 1.69. The zero-order valence-electron chi connectivity index (χ0n) is 11.4. The number of carbonyl (C=O) groups is 1. The number of H-pyrrole nitrogens is 1. The highest BCUT2D eigenvalue weighted by Crippen LogP contribution is 2.25. The molecule has 0 unspecified atom stereocenters. The maximum absolute atomic E-state index is 12.9. The van der Waals surface area contributed by atoms with E-state index in [2.05, 4.69) is 19.8 Å². The third-order valence-electron chi connectivity index (χ3n) is 4.60. The van der Waals surface area contributed by atoms with E-state index in [4.69, 9.17) is 0 Å². The van der Waals surface area contributed by atoms with Gasteiger partial charge >= 0.3 is 0 Å². The minimum Gasteiger partial charge on any atom is -0.345 e. The van der Waals surface area contributed by atoms with Crippen molar-refractivity contribution in [2.24, 2.45) is 0 Å². The standard InChI is InChI=1S/C15H18N4O/c20-15(13-10-17-14-12(13)2-1-5-16-14)19-9-8-18-6-3-11(19)4-7-18/h1-2,5,10-11H,3-4,6-9H2,(H,16,17). The third-order valence-corrected chi connectivity index (χ3v) is 4.60. The van der Waals surface area contributed by atoms with E-state index in [1.165, 1.54) is 0 Å². The number of amides is 1. The van der Waals surface area contributed by atoms with Crippen LogP contribution in [0.1, 0.15) is 23.2 Å². The summed E-state index contributed by atoms with van der Waals surface area (Å²) in [7, 11) is 0. The second-order valence-corrected chi connectivity index (χ2v) is 5.67. The highest BCUT2D eigenvalue weighted by atomic mass is 16.2. The van der Waals surface area contributed by atoms with Crippen LogP contribution in [-0.2, 0) is 0 Å². The zero-order valence-corrected chi connectivity index (χ0v) is 11.4. The number of nitrogens with one attached hydrogen (secondary N) is 1. The van der Waals surface area contributed by atoms with E-state index >= 15 is 0 Å². The SMILES string of the molecule is O=C(c1c[nH]c2ncccc12)N1CCN2CCC1CC2. The molecule has 1 amide bonds. The molecule has 2 aromatic rings. The molecule has 3 saturated heterocycles. The Morgan fingerprint density at radius 2 is 2.10 bits per heavy atom. The first-order valence-corrected chi connectivity index (χ1v) is 7.28. The molecule has 2 aromatic heterocycles. The van der Waals surface area contributed by atoms with Crippen molar-refractivity contribution in [2.45, 2.75) is 18.9 Å². The summed E-state index contributed by atoms with van der Waals surface area (Å²) in [6, 6.07) is 4.25. The van der Waals surface area contributed by atoms with E-state index in [0.717, 1.165) is 55.6 Å². The van der Waals surface area contributed by atoms with Gasteiger partial charge in [0.1, 0.15) is 5.65 Å². The predicted octanol–water partition coefficient (Wildman–Crippen LogP) is 1.48. The van der Waals surface area contributed by atoms with Crippen LogP contribution < -0.4 is 0 Å². The molecule has 3 fully saturated rings. The normalized spacial score (nSPS) is 25.9. The van der Waals surface area contributed by atoms with Crippen molar-refractivity contribution < 1.29 is 4.79 Å². The molecular formula is C15H18N4O. The van der Waals surface area contributed by atoms with Crippen molar-refractivity contribution in [3.63, 3.8) is 0 Å². The number of pyridine rings is 1. The van der Waals surface area contributed by atoms with Gasteiger partial charge in [0, 0.05) is 50.0 Å². The molecule has 0 atom stereocenters. The number of piperidine rings is 1.